The van der Waals surface area contributed by atoms with Gasteiger partial charge in [-0.05, 0) is 60.2 Å². The molecule has 0 saturated heterocycles. The summed E-state index contributed by atoms with van der Waals surface area (Å²) in [5.74, 6) is -0.306. The quantitative estimate of drug-likeness (QED) is 0.591. The summed E-state index contributed by atoms with van der Waals surface area (Å²) in [4.78, 5) is 12.6. The van der Waals surface area contributed by atoms with Gasteiger partial charge in [0.2, 0.25) is 0 Å². The van der Waals surface area contributed by atoms with Crippen LogP contribution in [0, 0.1) is 0 Å². The molecule has 0 saturated carbocycles. The van der Waals surface area contributed by atoms with E-state index in [1.54, 1.807) is 30.3 Å². The van der Waals surface area contributed by atoms with Crippen molar-refractivity contribution in [1.82, 2.24) is 5.32 Å². The Morgan fingerprint density at radius 2 is 1.52 bits per heavy atom. The Bertz CT molecular complexity index is 1120. The highest BCUT2D eigenvalue weighted by molar-refractivity contribution is 7.92. The molecular weight excluding hydrogens is 431 g/mol. The third-order valence-electron chi connectivity index (χ3n) is 4.31. The van der Waals surface area contributed by atoms with Crippen molar-refractivity contribution in [2.75, 3.05) is 11.4 Å². The van der Waals surface area contributed by atoms with E-state index in [1.165, 1.54) is 37.4 Å². The van der Waals surface area contributed by atoms with E-state index >= 15 is 0 Å². The van der Waals surface area contributed by atoms with Crippen molar-refractivity contribution < 1.29 is 13.2 Å². The average molecular weight is 449 g/mol. The van der Waals surface area contributed by atoms with Crippen molar-refractivity contribution in [3.05, 3.63) is 94.0 Å². The number of benzene rings is 3. The SMILES string of the molecule is CN(c1cccc(C(=O)NCc2ccc(Cl)cc2)c1)S(=O)(=O)c1ccc(Cl)cc1. The first kappa shape index (κ1) is 21.2. The molecule has 0 radical (unpaired) electrons. The van der Waals surface area contributed by atoms with E-state index in [2.05, 4.69) is 5.32 Å². The fourth-order valence-electron chi connectivity index (χ4n) is 2.63. The average Bonchev–Trinajstić information content (AvgIpc) is 2.73. The minimum absolute atomic E-state index is 0.113. The lowest BCUT2D eigenvalue weighted by molar-refractivity contribution is 0.0951. The molecule has 1 amide bonds. The Balaban J connectivity index is 1.76. The van der Waals surface area contributed by atoms with Gasteiger partial charge in [-0.25, -0.2) is 8.42 Å². The maximum absolute atomic E-state index is 12.8. The molecule has 0 heterocycles. The maximum Gasteiger partial charge on any atom is 0.264 e. The summed E-state index contributed by atoms with van der Waals surface area (Å²) < 4.78 is 26.8. The summed E-state index contributed by atoms with van der Waals surface area (Å²) in [6.07, 6.45) is 0. The van der Waals surface area contributed by atoms with Crippen LogP contribution in [-0.4, -0.2) is 21.4 Å². The Morgan fingerprint density at radius 1 is 0.931 bits per heavy atom. The number of carbonyl (C=O) groups excluding carboxylic acids is 1. The van der Waals surface area contributed by atoms with Crippen LogP contribution >= 0.6 is 23.2 Å². The molecule has 1 N–H and O–H groups in total. The third-order valence-corrected chi connectivity index (χ3v) is 6.61. The predicted octanol–water partition coefficient (Wildman–Crippen LogP) is 4.75. The number of anilines is 1. The van der Waals surface area contributed by atoms with Gasteiger partial charge in [0.25, 0.3) is 15.9 Å². The number of sulfonamides is 1. The highest BCUT2D eigenvalue weighted by atomic mass is 35.5. The summed E-state index contributed by atoms with van der Waals surface area (Å²) in [6, 6.07) is 19.5. The van der Waals surface area contributed by atoms with Crippen LogP contribution < -0.4 is 9.62 Å². The van der Waals surface area contributed by atoms with E-state index in [-0.39, 0.29) is 10.8 Å². The van der Waals surface area contributed by atoms with Crippen LogP contribution in [0.25, 0.3) is 0 Å². The largest absolute Gasteiger partial charge is 0.348 e. The van der Waals surface area contributed by atoms with Gasteiger partial charge in [-0.3, -0.25) is 9.10 Å². The first-order valence-electron chi connectivity index (χ1n) is 8.64. The lowest BCUT2D eigenvalue weighted by Gasteiger charge is -2.20. The van der Waals surface area contributed by atoms with Gasteiger partial charge in [0.1, 0.15) is 0 Å². The predicted molar refractivity (Wildman–Crippen MR) is 116 cm³/mol. The summed E-state index contributed by atoms with van der Waals surface area (Å²) in [7, 11) is -2.34. The number of halogens is 2. The van der Waals surface area contributed by atoms with Gasteiger partial charge >= 0.3 is 0 Å². The smallest absolute Gasteiger partial charge is 0.264 e. The molecule has 0 unspecified atom stereocenters. The molecular formula is C21H18Cl2N2O3S. The van der Waals surface area contributed by atoms with Crippen molar-refractivity contribution in [3.8, 4) is 0 Å². The Hall–Kier alpha value is -2.54. The van der Waals surface area contributed by atoms with Crippen LogP contribution in [-0.2, 0) is 16.6 Å². The molecule has 0 aromatic heterocycles. The summed E-state index contributed by atoms with van der Waals surface area (Å²) >= 11 is 11.7. The molecule has 8 heteroatoms. The molecule has 3 aromatic rings. The van der Waals surface area contributed by atoms with Crippen molar-refractivity contribution in [3.63, 3.8) is 0 Å². The van der Waals surface area contributed by atoms with Gasteiger partial charge in [-0.2, -0.15) is 0 Å². The van der Waals surface area contributed by atoms with Crippen LogP contribution in [0.1, 0.15) is 15.9 Å². The molecule has 0 fully saturated rings. The van der Waals surface area contributed by atoms with Gasteiger partial charge in [-0.15, -0.1) is 0 Å². The number of amides is 1. The van der Waals surface area contributed by atoms with Crippen molar-refractivity contribution in [2.24, 2.45) is 0 Å². The molecule has 0 spiro atoms. The van der Waals surface area contributed by atoms with Gasteiger partial charge in [0.15, 0.2) is 0 Å². The van der Waals surface area contributed by atoms with E-state index in [4.69, 9.17) is 23.2 Å². The van der Waals surface area contributed by atoms with Crippen molar-refractivity contribution >= 4 is 44.8 Å². The topological polar surface area (TPSA) is 66.5 Å². The molecule has 3 aromatic carbocycles. The number of hydrogen-bond acceptors (Lipinski definition) is 3. The number of carbonyl (C=O) groups is 1. The molecule has 3 rings (SSSR count). The fraction of sp³-hybridized carbons (Fsp3) is 0.0952. The number of hydrogen-bond donors (Lipinski definition) is 1. The van der Waals surface area contributed by atoms with Gasteiger partial charge < -0.3 is 5.32 Å². The van der Waals surface area contributed by atoms with E-state index in [9.17, 15) is 13.2 Å². The Morgan fingerprint density at radius 3 is 2.14 bits per heavy atom. The zero-order valence-corrected chi connectivity index (χ0v) is 17.8. The maximum atomic E-state index is 12.8. The summed E-state index contributed by atoms with van der Waals surface area (Å²) in [6.45, 7) is 0.332. The monoisotopic (exact) mass is 448 g/mol. The number of nitrogens with zero attached hydrogens (tertiary/aromatic N) is 1. The van der Waals surface area contributed by atoms with E-state index < -0.39 is 10.0 Å². The minimum atomic E-state index is -3.78. The van der Waals surface area contributed by atoms with Crippen molar-refractivity contribution in [1.29, 1.82) is 0 Å². The van der Waals surface area contributed by atoms with Crippen LogP contribution in [0.5, 0.6) is 0 Å². The highest BCUT2D eigenvalue weighted by Crippen LogP contribution is 2.24. The molecule has 5 nitrogen and oxygen atoms in total. The van der Waals surface area contributed by atoms with Gasteiger partial charge in [-0.1, -0.05) is 41.4 Å². The van der Waals surface area contributed by atoms with Crippen LogP contribution in [0.3, 0.4) is 0 Å². The van der Waals surface area contributed by atoms with E-state index in [0.717, 1.165) is 9.87 Å². The fourth-order valence-corrected chi connectivity index (χ4v) is 4.07. The van der Waals surface area contributed by atoms with Crippen LogP contribution in [0.2, 0.25) is 10.0 Å². The number of rotatable bonds is 6. The zero-order chi connectivity index (χ0) is 21.0. The second kappa shape index (κ2) is 8.86. The molecule has 0 aliphatic rings. The normalized spacial score (nSPS) is 11.1. The molecule has 0 aliphatic heterocycles. The van der Waals surface area contributed by atoms with Crippen molar-refractivity contribution in [2.45, 2.75) is 11.4 Å². The van der Waals surface area contributed by atoms with Gasteiger partial charge in [0.05, 0.1) is 10.6 Å². The first-order valence-corrected chi connectivity index (χ1v) is 10.8. The minimum Gasteiger partial charge on any atom is -0.348 e. The Labute approximate surface area is 179 Å². The second-order valence-electron chi connectivity index (χ2n) is 6.29. The van der Waals surface area contributed by atoms with Crippen LogP contribution in [0.4, 0.5) is 5.69 Å². The van der Waals surface area contributed by atoms with E-state index in [0.29, 0.717) is 27.8 Å². The highest BCUT2D eigenvalue weighted by Gasteiger charge is 2.22. The molecule has 29 heavy (non-hydrogen) atoms. The summed E-state index contributed by atoms with van der Waals surface area (Å²) in [5.41, 5.74) is 1.63. The zero-order valence-electron chi connectivity index (χ0n) is 15.5. The van der Waals surface area contributed by atoms with Crippen LogP contribution in [0.15, 0.2) is 77.7 Å². The summed E-state index contributed by atoms with van der Waals surface area (Å²) in [5, 5.41) is 3.89. The first-order chi connectivity index (χ1) is 13.8. The lowest BCUT2D eigenvalue weighted by Crippen LogP contribution is -2.27. The standard InChI is InChI=1S/C21H18Cl2N2O3S/c1-25(29(27,28)20-11-9-18(23)10-12-20)19-4-2-3-16(13-19)21(26)24-14-15-5-7-17(22)8-6-15/h2-13H,14H2,1H3,(H,24,26). The molecule has 0 bridgehead atoms. The van der Waals surface area contributed by atoms with E-state index in [1.807, 2.05) is 12.1 Å². The lowest BCUT2D eigenvalue weighted by atomic mass is 10.1. The molecule has 150 valence electrons. The Kier molecular flexibility index (Phi) is 6.47. The molecule has 0 aliphatic carbocycles. The second-order valence-corrected chi connectivity index (χ2v) is 9.13. The molecule has 0 atom stereocenters. The third kappa shape index (κ3) is 5.09. The van der Waals surface area contributed by atoms with Gasteiger partial charge in [0, 0.05) is 29.2 Å². The number of nitrogens with one attached hydrogen (secondary N) is 1.